The largest absolute Gasteiger partial charge is 0.295 e. The highest BCUT2D eigenvalue weighted by molar-refractivity contribution is 7.89. The molecule has 8 nitrogen and oxygen atoms in total. The molecule has 0 radical (unpaired) electrons. The maximum Gasteiger partial charge on any atom is 0.295 e. The Morgan fingerprint density at radius 2 is 2.04 bits per heavy atom. The van der Waals surface area contributed by atoms with E-state index in [1.54, 1.807) is 0 Å². The van der Waals surface area contributed by atoms with Crippen LogP contribution < -0.4 is 10.6 Å². The van der Waals surface area contributed by atoms with Crippen molar-refractivity contribution in [3.05, 3.63) is 62.9 Å². The molecule has 0 aliphatic heterocycles. The third kappa shape index (κ3) is 4.04. The lowest BCUT2D eigenvalue weighted by Gasteiger charge is -2.04. The molecule has 126 valence electrons. The number of nitrogens with one attached hydrogen (secondary N) is 1. The lowest BCUT2D eigenvalue weighted by Crippen LogP contribution is -2.12. The average Bonchev–Trinajstić information content (AvgIpc) is 2.49. The van der Waals surface area contributed by atoms with Crippen molar-refractivity contribution in [2.45, 2.75) is 4.90 Å². The van der Waals surface area contributed by atoms with E-state index in [1.165, 1.54) is 18.2 Å². The number of halogens is 2. The minimum Gasteiger partial charge on any atom is -0.272 e. The van der Waals surface area contributed by atoms with Crippen LogP contribution in [0.25, 0.3) is 0 Å². The Bertz CT molecular complexity index is 913. The van der Waals surface area contributed by atoms with Gasteiger partial charge in [-0.05, 0) is 24.3 Å². The van der Waals surface area contributed by atoms with Crippen molar-refractivity contribution in [3.8, 4) is 0 Å². The van der Waals surface area contributed by atoms with Crippen molar-refractivity contribution in [2.24, 2.45) is 10.2 Å². The summed E-state index contributed by atoms with van der Waals surface area (Å²) < 4.78 is 36.1. The molecular formula is C13H10ClFN4O4S. The van der Waals surface area contributed by atoms with Crippen LogP contribution in [0.4, 0.5) is 15.8 Å². The Kier molecular flexibility index (Phi) is 5.12. The SMILES string of the molecule is NS(=O)(=O)c1ccc(N/N=C\c2c(F)cccc2Cl)c([N+](=O)[O-])c1. The Morgan fingerprint density at radius 3 is 2.62 bits per heavy atom. The molecule has 0 saturated carbocycles. The van der Waals surface area contributed by atoms with Gasteiger partial charge in [0, 0.05) is 11.6 Å². The highest BCUT2D eigenvalue weighted by Gasteiger charge is 2.18. The third-order valence-corrected chi connectivity index (χ3v) is 4.11. The summed E-state index contributed by atoms with van der Waals surface area (Å²) in [6.07, 6.45) is 1.05. The molecule has 0 aliphatic carbocycles. The molecule has 0 fully saturated rings. The highest BCUT2D eigenvalue weighted by Crippen LogP contribution is 2.27. The summed E-state index contributed by atoms with van der Waals surface area (Å²) in [6.45, 7) is 0. The summed E-state index contributed by atoms with van der Waals surface area (Å²) in [6, 6.07) is 7.04. The Hall–Kier alpha value is -2.56. The predicted octanol–water partition coefficient (Wildman–Crippen LogP) is 2.48. The number of rotatable bonds is 5. The number of hydrogen-bond donors (Lipinski definition) is 2. The summed E-state index contributed by atoms with van der Waals surface area (Å²) in [5, 5.41) is 19.8. The molecule has 0 spiro atoms. The van der Waals surface area contributed by atoms with Crippen LogP contribution in [-0.4, -0.2) is 19.6 Å². The Labute approximate surface area is 140 Å². The van der Waals surface area contributed by atoms with E-state index in [2.05, 4.69) is 10.5 Å². The number of sulfonamides is 1. The Balaban J connectivity index is 2.33. The molecule has 0 aromatic heterocycles. The normalized spacial score (nSPS) is 11.6. The van der Waals surface area contributed by atoms with E-state index >= 15 is 0 Å². The molecule has 2 rings (SSSR count). The van der Waals surface area contributed by atoms with Crippen LogP contribution in [0, 0.1) is 15.9 Å². The number of nitrogens with zero attached hydrogens (tertiary/aromatic N) is 2. The summed E-state index contributed by atoms with van der Waals surface area (Å²) in [4.78, 5) is 9.82. The van der Waals surface area contributed by atoms with Crippen molar-refractivity contribution in [2.75, 3.05) is 5.43 Å². The molecule has 0 amide bonds. The van der Waals surface area contributed by atoms with Crippen molar-refractivity contribution < 1.29 is 17.7 Å². The van der Waals surface area contributed by atoms with Crippen molar-refractivity contribution in [1.82, 2.24) is 0 Å². The molecule has 0 bridgehead atoms. The van der Waals surface area contributed by atoms with Gasteiger partial charge in [0.15, 0.2) is 0 Å². The van der Waals surface area contributed by atoms with Crippen LogP contribution in [0.15, 0.2) is 46.4 Å². The number of nitro groups is 1. The fraction of sp³-hybridized carbons (Fsp3) is 0. The zero-order valence-electron chi connectivity index (χ0n) is 11.8. The second kappa shape index (κ2) is 6.91. The molecule has 0 atom stereocenters. The van der Waals surface area contributed by atoms with Gasteiger partial charge in [0.2, 0.25) is 10.0 Å². The molecule has 0 saturated heterocycles. The van der Waals surface area contributed by atoms with Crippen LogP contribution in [0.1, 0.15) is 5.56 Å². The lowest BCUT2D eigenvalue weighted by molar-refractivity contribution is -0.384. The van der Waals surface area contributed by atoms with Gasteiger partial charge in [-0.25, -0.2) is 17.9 Å². The lowest BCUT2D eigenvalue weighted by atomic mass is 10.2. The first kappa shape index (κ1) is 17.8. The van der Waals surface area contributed by atoms with Gasteiger partial charge in [0.1, 0.15) is 11.5 Å². The van der Waals surface area contributed by atoms with Gasteiger partial charge in [-0.3, -0.25) is 15.5 Å². The second-order valence-electron chi connectivity index (χ2n) is 4.49. The zero-order valence-corrected chi connectivity index (χ0v) is 13.4. The smallest absolute Gasteiger partial charge is 0.272 e. The van der Waals surface area contributed by atoms with Crippen LogP contribution >= 0.6 is 11.6 Å². The number of hydrogen-bond acceptors (Lipinski definition) is 6. The van der Waals surface area contributed by atoms with Gasteiger partial charge in [-0.15, -0.1) is 0 Å². The minimum atomic E-state index is -4.09. The number of nitro benzene ring substituents is 1. The first-order valence-corrected chi connectivity index (χ1v) is 8.17. The van der Waals surface area contributed by atoms with E-state index in [-0.39, 0.29) is 16.3 Å². The van der Waals surface area contributed by atoms with Gasteiger partial charge in [0.25, 0.3) is 5.69 Å². The van der Waals surface area contributed by atoms with Gasteiger partial charge in [-0.2, -0.15) is 5.10 Å². The molecule has 2 aromatic rings. The summed E-state index contributed by atoms with van der Waals surface area (Å²) in [7, 11) is -4.09. The van der Waals surface area contributed by atoms with Gasteiger partial charge >= 0.3 is 0 Å². The molecular weight excluding hydrogens is 363 g/mol. The molecule has 24 heavy (non-hydrogen) atoms. The van der Waals surface area contributed by atoms with Gasteiger partial charge < -0.3 is 0 Å². The van der Waals surface area contributed by atoms with Crippen LogP contribution in [0.3, 0.4) is 0 Å². The minimum absolute atomic E-state index is 0.00419. The van der Waals surface area contributed by atoms with Gasteiger partial charge in [0.05, 0.1) is 21.1 Å². The fourth-order valence-corrected chi connectivity index (χ4v) is 2.48. The molecule has 2 aromatic carbocycles. The maximum atomic E-state index is 13.6. The monoisotopic (exact) mass is 372 g/mol. The van der Waals surface area contributed by atoms with Crippen LogP contribution in [0.5, 0.6) is 0 Å². The summed E-state index contributed by atoms with van der Waals surface area (Å²) in [5.41, 5.74) is 1.68. The average molecular weight is 373 g/mol. The number of nitrogens with two attached hydrogens (primary N) is 1. The molecule has 0 aliphatic rings. The fourth-order valence-electron chi connectivity index (χ4n) is 1.73. The van der Waals surface area contributed by atoms with E-state index in [0.717, 1.165) is 24.4 Å². The third-order valence-electron chi connectivity index (χ3n) is 2.87. The van der Waals surface area contributed by atoms with E-state index in [4.69, 9.17) is 16.7 Å². The van der Waals surface area contributed by atoms with E-state index < -0.39 is 31.3 Å². The van der Waals surface area contributed by atoms with E-state index in [9.17, 15) is 22.9 Å². The number of hydrazone groups is 1. The standard InChI is InChI=1S/C13H10ClFN4O4S/c14-10-2-1-3-11(15)9(10)7-17-18-12-5-4-8(24(16,22)23)6-13(12)19(20)21/h1-7,18H,(H2,16,22,23)/b17-7-. The summed E-state index contributed by atoms with van der Waals surface area (Å²) >= 11 is 5.82. The zero-order chi connectivity index (χ0) is 17.9. The van der Waals surface area contributed by atoms with Crippen molar-refractivity contribution in [3.63, 3.8) is 0 Å². The van der Waals surface area contributed by atoms with Crippen LogP contribution in [-0.2, 0) is 10.0 Å². The number of benzene rings is 2. The first-order valence-electron chi connectivity index (χ1n) is 6.24. The van der Waals surface area contributed by atoms with Crippen molar-refractivity contribution in [1.29, 1.82) is 0 Å². The molecule has 3 N–H and O–H groups in total. The predicted molar refractivity (Wildman–Crippen MR) is 87.1 cm³/mol. The highest BCUT2D eigenvalue weighted by atomic mass is 35.5. The maximum absolute atomic E-state index is 13.6. The Morgan fingerprint density at radius 1 is 1.33 bits per heavy atom. The molecule has 11 heteroatoms. The topological polar surface area (TPSA) is 128 Å². The summed E-state index contributed by atoms with van der Waals surface area (Å²) in [5.74, 6) is -0.618. The molecule has 0 unspecified atom stereocenters. The molecule has 0 heterocycles. The van der Waals surface area contributed by atoms with E-state index in [1.807, 2.05) is 0 Å². The number of anilines is 1. The van der Waals surface area contributed by atoms with Gasteiger partial charge in [-0.1, -0.05) is 17.7 Å². The first-order chi connectivity index (χ1) is 11.2. The van der Waals surface area contributed by atoms with Crippen LogP contribution in [0.2, 0.25) is 5.02 Å². The van der Waals surface area contributed by atoms with E-state index in [0.29, 0.717) is 0 Å². The number of primary sulfonamides is 1. The van der Waals surface area contributed by atoms with Crippen molar-refractivity contribution >= 4 is 39.2 Å². The second-order valence-corrected chi connectivity index (χ2v) is 6.46. The quantitative estimate of drug-likeness (QED) is 0.473.